The number of anilines is 1. The third kappa shape index (κ3) is 3.30. The Morgan fingerprint density at radius 1 is 1.48 bits per heavy atom. The first-order chi connectivity index (χ1) is 9.82. The van der Waals surface area contributed by atoms with Gasteiger partial charge in [0.1, 0.15) is 5.82 Å². The SMILES string of the molecule is CC1OCCC1(C)NC(=O)Nc1ccc(F)c(C(=O)O)c1. The van der Waals surface area contributed by atoms with E-state index < -0.39 is 28.9 Å². The Morgan fingerprint density at radius 2 is 2.19 bits per heavy atom. The zero-order chi connectivity index (χ0) is 15.6. The summed E-state index contributed by atoms with van der Waals surface area (Å²) in [6.45, 7) is 4.31. The van der Waals surface area contributed by atoms with Crippen molar-refractivity contribution in [2.45, 2.75) is 31.9 Å². The number of carbonyl (C=O) groups excluding carboxylic acids is 1. The van der Waals surface area contributed by atoms with Crippen LogP contribution < -0.4 is 10.6 Å². The second-order valence-electron chi connectivity index (χ2n) is 5.26. The molecule has 0 spiro atoms. The van der Waals surface area contributed by atoms with Crippen molar-refractivity contribution in [2.24, 2.45) is 0 Å². The number of benzene rings is 1. The maximum absolute atomic E-state index is 13.3. The molecular weight excluding hydrogens is 279 g/mol. The molecule has 0 radical (unpaired) electrons. The molecule has 3 N–H and O–H groups in total. The van der Waals surface area contributed by atoms with Crippen LogP contribution in [-0.2, 0) is 4.74 Å². The van der Waals surface area contributed by atoms with Crippen molar-refractivity contribution in [1.29, 1.82) is 0 Å². The van der Waals surface area contributed by atoms with E-state index in [1.807, 2.05) is 13.8 Å². The molecule has 2 rings (SSSR count). The van der Waals surface area contributed by atoms with E-state index >= 15 is 0 Å². The average molecular weight is 296 g/mol. The molecule has 1 fully saturated rings. The lowest BCUT2D eigenvalue weighted by atomic mass is 9.95. The number of carbonyl (C=O) groups is 2. The van der Waals surface area contributed by atoms with Crippen molar-refractivity contribution in [1.82, 2.24) is 5.32 Å². The summed E-state index contributed by atoms with van der Waals surface area (Å²) in [6.07, 6.45) is 0.566. The number of rotatable bonds is 3. The molecule has 1 aromatic carbocycles. The van der Waals surface area contributed by atoms with Crippen LogP contribution in [0.4, 0.5) is 14.9 Å². The van der Waals surface area contributed by atoms with Crippen molar-refractivity contribution in [3.05, 3.63) is 29.6 Å². The van der Waals surface area contributed by atoms with Gasteiger partial charge in [-0.3, -0.25) is 0 Å². The van der Waals surface area contributed by atoms with Gasteiger partial charge in [-0.1, -0.05) is 0 Å². The highest BCUT2D eigenvalue weighted by molar-refractivity contribution is 5.93. The smallest absolute Gasteiger partial charge is 0.338 e. The second kappa shape index (κ2) is 5.69. The molecule has 0 saturated carbocycles. The molecule has 114 valence electrons. The lowest BCUT2D eigenvalue weighted by Gasteiger charge is -2.28. The Labute approximate surface area is 121 Å². The molecule has 1 heterocycles. The van der Waals surface area contributed by atoms with Crippen LogP contribution in [0.25, 0.3) is 0 Å². The van der Waals surface area contributed by atoms with Crippen LogP contribution in [0.2, 0.25) is 0 Å². The topological polar surface area (TPSA) is 87.7 Å². The van der Waals surface area contributed by atoms with E-state index in [0.717, 1.165) is 12.1 Å². The molecule has 2 atom stereocenters. The highest BCUT2D eigenvalue weighted by Gasteiger charge is 2.38. The molecular formula is C14H17FN2O4. The Balaban J connectivity index is 2.06. The Hall–Kier alpha value is -2.15. The van der Waals surface area contributed by atoms with Crippen molar-refractivity contribution >= 4 is 17.7 Å². The van der Waals surface area contributed by atoms with Gasteiger partial charge in [-0.2, -0.15) is 0 Å². The van der Waals surface area contributed by atoms with Crippen molar-refractivity contribution in [2.75, 3.05) is 11.9 Å². The van der Waals surface area contributed by atoms with Crippen molar-refractivity contribution < 1.29 is 23.8 Å². The first kappa shape index (κ1) is 15.2. The fourth-order valence-electron chi connectivity index (χ4n) is 2.19. The van der Waals surface area contributed by atoms with Crippen LogP contribution in [-0.4, -0.2) is 35.4 Å². The third-order valence-electron chi connectivity index (χ3n) is 3.74. The van der Waals surface area contributed by atoms with Crippen LogP contribution >= 0.6 is 0 Å². The van der Waals surface area contributed by atoms with Gasteiger partial charge in [0, 0.05) is 12.3 Å². The lowest BCUT2D eigenvalue weighted by molar-refractivity contribution is 0.0692. The van der Waals surface area contributed by atoms with Gasteiger partial charge in [0.2, 0.25) is 0 Å². The number of ether oxygens (including phenoxy) is 1. The van der Waals surface area contributed by atoms with Gasteiger partial charge >= 0.3 is 12.0 Å². The fraction of sp³-hybridized carbons (Fsp3) is 0.429. The van der Waals surface area contributed by atoms with Gasteiger partial charge in [-0.15, -0.1) is 0 Å². The molecule has 1 aliphatic heterocycles. The monoisotopic (exact) mass is 296 g/mol. The Bertz CT molecular complexity index is 578. The third-order valence-corrected chi connectivity index (χ3v) is 3.74. The number of carboxylic acids is 1. The van der Waals surface area contributed by atoms with Crippen molar-refractivity contribution in [3.63, 3.8) is 0 Å². The van der Waals surface area contributed by atoms with E-state index in [4.69, 9.17) is 9.84 Å². The molecule has 1 aliphatic rings. The standard InChI is InChI=1S/C14H17FN2O4/c1-8-14(2,5-6-21-8)17-13(20)16-9-3-4-11(15)10(7-9)12(18)19/h3-4,7-8H,5-6H2,1-2H3,(H,18,19)(H2,16,17,20). The minimum absolute atomic E-state index is 0.119. The summed E-state index contributed by atoms with van der Waals surface area (Å²) < 4.78 is 18.7. The normalized spacial score (nSPS) is 24.6. The number of hydrogen-bond donors (Lipinski definition) is 3. The summed E-state index contributed by atoms with van der Waals surface area (Å²) in [4.78, 5) is 22.8. The zero-order valence-corrected chi connectivity index (χ0v) is 11.8. The lowest BCUT2D eigenvalue weighted by Crippen LogP contribution is -2.52. The summed E-state index contributed by atoms with van der Waals surface area (Å²) in [5, 5.41) is 14.1. The number of nitrogens with one attached hydrogen (secondary N) is 2. The largest absolute Gasteiger partial charge is 0.478 e. The van der Waals surface area contributed by atoms with Gasteiger partial charge in [0.15, 0.2) is 0 Å². The molecule has 0 bridgehead atoms. The van der Waals surface area contributed by atoms with Gasteiger partial charge in [0.25, 0.3) is 0 Å². The molecule has 0 aromatic heterocycles. The predicted octanol–water partition coefficient (Wildman–Crippen LogP) is 2.21. The fourth-order valence-corrected chi connectivity index (χ4v) is 2.19. The number of hydrogen-bond acceptors (Lipinski definition) is 3. The van der Waals surface area contributed by atoms with Crippen molar-refractivity contribution in [3.8, 4) is 0 Å². The van der Waals surface area contributed by atoms with E-state index in [2.05, 4.69) is 10.6 Å². The summed E-state index contributed by atoms with van der Waals surface area (Å²) in [6, 6.07) is 2.90. The minimum Gasteiger partial charge on any atom is -0.478 e. The molecule has 1 aromatic rings. The molecule has 1 saturated heterocycles. The predicted molar refractivity (Wildman–Crippen MR) is 73.9 cm³/mol. The molecule has 7 heteroatoms. The van der Waals surface area contributed by atoms with Gasteiger partial charge in [-0.05, 0) is 38.5 Å². The van der Waals surface area contributed by atoms with Crippen LogP contribution in [0.5, 0.6) is 0 Å². The highest BCUT2D eigenvalue weighted by atomic mass is 19.1. The van der Waals surface area contributed by atoms with Gasteiger partial charge in [-0.25, -0.2) is 14.0 Å². The first-order valence-electron chi connectivity index (χ1n) is 6.55. The van der Waals surface area contributed by atoms with Gasteiger partial charge in [0.05, 0.1) is 17.2 Å². The Morgan fingerprint density at radius 3 is 2.76 bits per heavy atom. The van der Waals surface area contributed by atoms with Crippen LogP contribution in [0.3, 0.4) is 0 Å². The van der Waals surface area contributed by atoms with E-state index in [9.17, 15) is 14.0 Å². The van der Waals surface area contributed by atoms with Crippen LogP contribution in [0.15, 0.2) is 18.2 Å². The molecule has 0 aliphatic carbocycles. The maximum Gasteiger partial charge on any atom is 0.338 e. The number of halogens is 1. The second-order valence-corrected chi connectivity index (χ2v) is 5.26. The number of carboxylic acid groups (broad SMARTS) is 1. The minimum atomic E-state index is -1.39. The van der Waals surface area contributed by atoms with Gasteiger partial charge < -0.3 is 20.5 Å². The summed E-state index contributed by atoms with van der Waals surface area (Å²) in [5.74, 6) is -2.24. The molecule has 2 amide bonds. The van der Waals surface area contributed by atoms with Crippen LogP contribution in [0, 0.1) is 5.82 Å². The quantitative estimate of drug-likeness (QED) is 0.798. The van der Waals surface area contributed by atoms with Crippen LogP contribution in [0.1, 0.15) is 30.6 Å². The summed E-state index contributed by atoms with van der Waals surface area (Å²) >= 11 is 0. The maximum atomic E-state index is 13.3. The summed E-state index contributed by atoms with van der Waals surface area (Å²) in [5.41, 5.74) is -0.766. The highest BCUT2D eigenvalue weighted by Crippen LogP contribution is 2.25. The zero-order valence-electron chi connectivity index (χ0n) is 11.8. The number of amides is 2. The van der Waals surface area contributed by atoms with E-state index in [1.54, 1.807) is 0 Å². The Kier molecular flexibility index (Phi) is 4.13. The van der Waals surface area contributed by atoms with E-state index in [1.165, 1.54) is 6.07 Å². The molecule has 21 heavy (non-hydrogen) atoms. The molecule has 2 unspecified atom stereocenters. The number of urea groups is 1. The average Bonchev–Trinajstić information content (AvgIpc) is 2.71. The molecule has 6 nitrogen and oxygen atoms in total. The number of aromatic carboxylic acids is 1. The van der Waals surface area contributed by atoms with E-state index in [-0.39, 0.29) is 11.8 Å². The van der Waals surface area contributed by atoms with E-state index in [0.29, 0.717) is 13.0 Å². The summed E-state index contributed by atoms with van der Waals surface area (Å²) in [7, 11) is 0. The first-order valence-corrected chi connectivity index (χ1v) is 6.55.